The molecule has 0 aliphatic heterocycles. The summed E-state index contributed by atoms with van der Waals surface area (Å²) in [6.45, 7) is 4.63. The number of hydrogen-bond acceptors (Lipinski definition) is 4. The van der Waals surface area contributed by atoms with E-state index in [0.29, 0.717) is 5.56 Å². The van der Waals surface area contributed by atoms with E-state index in [4.69, 9.17) is 4.74 Å². The summed E-state index contributed by atoms with van der Waals surface area (Å²) >= 11 is 0. The molecule has 0 fully saturated rings. The summed E-state index contributed by atoms with van der Waals surface area (Å²) in [5, 5.41) is 2.45. The molecule has 2 rings (SSSR count). The Kier molecular flexibility index (Phi) is 6.11. The Morgan fingerprint density at radius 1 is 1.15 bits per heavy atom. The van der Waals surface area contributed by atoms with Gasteiger partial charge in [0.2, 0.25) is 11.7 Å². The second-order valence-corrected chi connectivity index (χ2v) is 5.99. The van der Waals surface area contributed by atoms with E-state index >= 15 is 0 Å². The molecule has 0 saturated carbocycles. The van der Waals surface area contributed by atoms with Gasteiger partial charge in [0.1, 0.15) is 5.70 Å². The summed E-state index contributed by atoms with van der Waals surface area (Å²) in [4.78, 5) is 36.0. The minimum absolute atomic E-state index is 0.0162. The summed E-state index contributed by atoms with van der Waals surface area (Å²) in [5.74, 6) is -1.45. The Bertz CT molecular complexity index is 863. The number of ether oxygens (including phenoxy) is 1. The van der Waals surface area contributed by atoms with Crippen molar-refractivity contribution in [3.8, 4) is 0 Å². The van der Waals surface area contributed by atoms with E-state index in [1.807, 2.05) is 43.7 Å². The Hall–Kier alpha value is -3.15. The van der Waals surface area contributed by atoms with Crippen LogP contribution >= 0.6 is 0 Å². The van der Waals surface area contributed by atoms with Gasteiger partial charge in [-0.2, -0.15) is 0 Å². The molecule has 1 heterocycles. The number of amides is 1. The van der Waals surface area contributed by atoms with Gasteiger partial charge in [-0.25, -0.2) is 4.79 Å². The number of benzene rings is 1. The lowest BCUT2D eigenvalue weighted by atomic mass is 10.1. The molecule has 6 heteroatoms. The van der Waals surface area contributed by atoms with Crippen LogP contribution in [0.1, 0.15) is 34.2 Å². The number of esters is 1. The van der Waals surface area contributed by atoms with Crippen molar-refractivity contribution in [1.29, 1.82) is 0 Å². The van der Waals surface area contributed by atoms with Crippen molar-refractivity contribution in [1.82, 2.24) is 9.88 Å². The van der Waals surface area contributed by atoms with E-state index in [1.165, 1.54) is 13.0 Å². The molecule has 0 saturated heterocycles. The summed E-state index contributed by atoms with van der Waals surface area (Å²) < 4.78 is 7.01. The van der Waals surface area contributed by atoms with Crippen LogP contribution in [0.4, 0.5) is 0 Å². The number of carbonyl (C=O) groups excluding carboxylic acids is 3. The van der Waals surface area contributed by atoms with Gasteiger partial charge in [-0.15, -0.1) is 0 Å². The van der Waals surface area contributed by atoms with Gasteiger partial charge in [-0.3, -0.25) is 9.59 Å². The average Bonchev–Trinajstić information content (AvgIpc) is 2.87. The smallest absolute Gasteiger partial charge is 0.355 e. The van der Waals surface area contributed by atoms with Crippen LogP contribution < -0.4 is 5.32 Å². The van der Waals surface area contributed by atoms with Gasteiger partial charge in [0.25, 0.3) is 0 Å². The quantitative estimate of drug-likeness (QED) is 0.491. The molecule has 0 radical (unpaired) electrons. The van der Waals surface area contributed by atoms with Gasteiger partial charge >= 0.3 is 5.97 Å². The monoisotopic (exact) mass is 354 g/mol. The third-order valence-electron chi connectivity index (χ3n) is 4.05. The number of nitrogens with one attached hydrogen (secondary N) is 1. The maximum absolute atomic E-state index is 12.3. The minimum atomic E-state index is -0.761. The van der Waals surface area contributed by atoms with Gasteiger partial charge in [0.05, 0.1) is 0 Å². The topological polar surface area (TPSA) is 77.4 Å². The zero-order valence-corrected chi connectivity index (χ0v) is 15.3. The Labute approximate surface area is 152 Å². The molecule has 0 atom stereocenters. The summed E-state index contributed by atoms with van der Waals surface area (Å²) in [5.41, 5.74) is 2.99. The number of nitrogens with zero attached hydrogens (tertiary/aromatic N) is 1. The zero-order chi connectivity index (χ0) is 19.3. The minimum Gasteiger partial charge on any atom is -0.453 e. The predicted octanol–water partition coefficient (Wildman–Crippen LogP) is 2.55. The van der Waals surface area contributed by atoms with Crippen LogP contribution in [0.2, 0.25) is 0 Å². The van der Waals surface area contributed by atoms with Crippen molar-refractivity contribution in [3.05, 3.63) is 64.6 Å². The van der Waals surface area contributed by atoms with Crippen LogP contribution in [-0.4, -0.2) is 28.8 Å². The SMILES string of the molecule is CC(=O)N/C(=C\c1ccccc1)C(=O)OCC(=O)c1cc(C)n(C)c1C. The fraction of sp³-hybridized carbons (Fsp3) is 0.250. The molecule has 0 aliphatic rings. The maximum Gasteiger partial charge on any atom is 0.355 e. The van der Waals surface area contributed by atoms with Crippen molar-refractivity contribution in [3.63, 3.8) is 0 Å². The Balaban J connectivity index is 2.12. The van der Waals surface area contributed by atoms with E-state index in [2.05, 4.69) is 5.32 Å². The molecular weight excluding hydrogens is 332 g/mol. The number of ketones is 1. The number of rotatable bonds is 6. The highest BCUT2D eigenvalue weighted by atomic mass is 16.5. The summed E-state index contributed by atoms with van der Waals surface area (Å²) in [6.07, 6.45) is 1.51. The molecule has 0 spiro atoms. The number of aromatic nitrogens is 1. The lowest BCUT2D eigenvalue weighted by molar-refractivity contribution is -0.139. The molecule has 2 aromatic rings. The van der Waals surface area contributed by atoms with E-state index in [-0.39, 0.29) is 11.5 Å². The molecule has 136 valence electrons. The van der Waals surface area contributed by atoms with E-state index in [9.17, 15) is 14.4 Å². The van der Waals surface area contributed by atoms with Crippen molar-refractivity contribution < 1.29 is 19.1 Å². The number of Topliss-reactive ketones (excluding diaryl/α,β-unsaturated/α-hetero) is 1. The third-order valence-corrected chi connectivity index (χ3v) is 4.05. The van der Waals surface area contributed by atoms with Gasteiger partial charge < -0.3 is 14.6 Å². The fourth-order valence-electron chi connectivity index (χ4n) is 2.48. The molecule has 26 heavy (non-hydrogen) atoms. The molecule has 1 aromatic heterocycles. The molecule has 0 bridgehead atoms. The van der Waals surface area contributed by atoms with Crippen LogP contribution in [0.5, 0.6) is 0 Å². The van der Waals surface area contributed by atoms with E-state index < -0.39 is 18.5 Å². The molecule has 0 unspecified atom stereocenters. The highest BCUT2D eigenvalue weighted by Gasteiger charge is 2.18. The number of carbonyl (C=O) groups is 3. The second kappa shape index (κ2) is 8.29. The first-order valence-corrected chi connectivity index (χ1v) is 8.17. The number of aryl methyl sites for hydroxylation is 1. The van der Waals surface area contributed by atoms with Gasteiger partial charge in [0.15, 0.2) is 6.61 Å². The third kappa shape index (κ3) is 4.69. The Morgan fingerprint density at radius 2 is 1.81 bits per heavy atom. The summed E-state index contributed by atoms with van der Waals surface area (Å²) in [7, 11) is 1.87. The zero-order valence-electron chi connectivity index (χ0n) is 15.3. The van der Waals surface area contributed by atoms with Crippen molar-refractivity contribution in [2.24, 2.45) is 7.05 Å². The van der Waals surface area contributed by atoms with Crippen LogP contribution in [-0.2, 0) is 21.4 Å². The van der Waals surface area contributed by atoms with Crippen molar-refractivity contribution >= 4 is 23.7 Å². The van der Waals surface area contributed by atoms with Crippen molar-refractivity contribution in [2.45, 2.75) is 20.8 Å². The van der Waals surface area contributed by atoms with Gasteiger partial charge in [-0.05, 0) is 31.6 Å². The van der Waals surface area contributed by atoms with Crippen LogP contribution in [0.25, 0.3) is 6.08 Å². The maximum atomic E-state index is 12.3. The first-order valence-electron chi connectivity index (χ1n) is 8.17. The second-order valence-electron chi connectivity index (χ2n) is 5.99. The van der Waals surface area contributed by atoms with Crippen LogP contribution in [0.3, 0.4) is 0 Å². The van der Waals surface area contributed by atoms with E-state index in [1.54, 1.807) is 18.2 Å². The molecule has 0 aliphatic carbocycles. The standard InChI is InChI=1S/C20H22N2O4/c1-13-10-17(14(2)22(13)4)19(24)12-26-20(25)18(21-15(3)23)11-16-8-6-5-7-9-16/h5-11H,12H2,1-4H3,(H,21,23)/b18-11-. The lowest BCUT2D eigenvalue weighted by Gasteiger charge is -2.09. The number of hydrogen-bond donors (Lipinski definition) is 1. The highest BCUT2D eigenvalue weighted by Crippen LogP contribution is 2.14. The van der Waals surface area contributed by atoms with Crippen LogP contribution in [0.15, 0.2) is 42.1 Å². The largest absolute Gasteiger partial charge is 0.453 e. The first kappa shape index (κ1) is 19.2. The normalized spacial score (nSPS) is 11.2. The predicted molar refractivity (Wildman–Crippen MR) is 98.4 cm³/mol. The molecule has 1 N–H and O–H groups in total. The van der Waals surface area contributed by atoms with Crippen LogP contribution in [0, 0.1) is 13.8 Å². The molecule has 6 nitrogen and oxygen atoms in total. The van der Waals surface area contributed by atoms with Gasteiger partial charge in [0, 0.05) is 30.9 Å². The lowest BCUT2D eigenvalue weighted by Crippen LogP contribution is -2.27. The first-order chi connectivity index (χ1) is 12.3. The van der Waals surface area contributed by atoms with Crippen molar-refractivity contribution in [2.75, 3.05) is 6.61 Å². The summed E-state index contributed by atoms with van der Waals surface area (Å²) in [6, 6.07) is 10.8. The molecule has 1 amide bonds. The van der Waals surface area contributed by atoms with Gasteiger partial charge in [-0.1, -0.05) is 30.3 Å². The Morgan fingerprint density at radius 3 is 2.35 bits per heavy atom. The molecular formula is C20H22N2O4. The molecule has 1 aromatic carbocycles. The van der Waals surface area contributed by atoms with E-state index in [0.717, 1.165) is 17.0 Å². The average molecular weight is 354 g/mol. The fourth-order valence-corrected chi connectivity index (χ4v) is 2.48. The highest BCUT2D eigenvalue weighted by molar-refractivity contribution is 6.02.